The summed E-state index contributed by atoms with van der Waals surface area (Å²) in [6, 6.07) is 22.7. The van der Waals surface area contributed by atoms with Crippen molar-refractivity contribution in [1.29, 1.82) is 0 Å². The summed E-state index contributed by atoms with van der Waals surface area (Å²) < 4.78 is 0. The molecule has 0 aromatic heterocycles. The maximum atomic E-state index is 2.83. The van der Waals surface area contributed by atoms with Crippen molar-refractivity contribution >= 4 is 42.7 Å². The van der Waals surface area contributed by atoms with Gasteiger partial charge in [0.15, 0.2) is 0 Å². The van der Waals surface area contributed by atoms with Crippen LogP contribution in [0.5, 0.6) is 0 Å². The molecule has 2 aliphatic carbocycles. The van der Waals surface area contributed by atoms with Crippen LogP contribution < -0.4 is 0 Å². The van der Waals surface area contributed by atoms with Crippen LogP contribution in [0, 0.1) is 29.6 Å². The van der Waals surface area contributed by atoms with E-state index in [0.29, 0.717) is 0 Å². The third-order valence-corrected chi connectivity index (χ3v) is 19.2. The predicted molar refractivity (Wildman–Crippen MR) is 170 cm³/mol. The summed E-state index contributed by atoms with van der Waals surface area (Å²) in [5.74, 6) is 3.93. The molecule has 8 unspecified atom stereocenters. The second-order valence-electron chi connectivity index (χ2n) is 13.3. The van der Waals surface area contributed by atoms with E-state index in [1.54, 1.807) is 21.0 Å². The fourth-order valence-electron chi connectivity index (χ4n) is 9.37. The van der Waals surface area contributed by atoms with Gasteiger partial charge in [-0.05, 0) is 99.4 Å². The average molecular weight is 545 g/mol. The van der Waals surface area contributed by atoms with E-state index in [0.717, 1.165) is 51.2 Å². The molecule has 2 heterocycles. The predicted octanol–water partition coefficient (Wildman–Crippen LogP) is 10.5. The van der Waals surface area contributed by atoms with Crippen LogP contribution in [0.15, 0.2) is 70.5 Å². The van der Waals surface area contributed by atoms with Crippen LogP contribution in [0.25, 0.3) is 11.1 Å². The summed E-state index contributed by atoms with van der Waals surface area (Å²) in [5, 5.41) is 1.57. The highest BCUT2D eigenvalue weighted by Crippen LogP contribution is 2.69. The van der Waals surface area contributed by atoms with Crippen LogP contribution >= 0.6 is 23.5 Å². The Morgan fingerprint density at radius 2 is 1.16 bits per heavy atom. The number of allylic oxidation sites excluding steroid dienone is 4. The van der Waals surface area contributed by atoms with E-state index in [-0.39, 0.29) is 0 Å². The van der Waals surface area contributed by atoms with E-state index in [4.69, 9.17) is 0 Å². The first-order valence-electron chi connectivity index (χ1n) is 14.6. The monoisotopic (exact) mass is 544 g/mol. The second kappa shape index (κ2) is 9.79. The van der Waals surface area contributed by atoms with Gasteiger partial charge >= 0.3 is 0 Å². The maximum absolute atomic E-state index is 2.83. The van der Waals surface area contributed by atoms with Crippen molar-refractivity contribution in [3.05, 3.63) is 81.6 Å². The Morgan fingerprint density at radius 3 is 1.65 bits per heavy atom. The smallest absolute Gasteiger partial charge is 0.0564 e. The highest BCUT2D eigenvalue weighted by atomic mass is 32.2. The molecule has 2 aromatic rings. The summed E-state index contributed by atoms with van der Waals surface area (Å²) >= 11 is 4.54. The first-order chi connectivity index (χ1) is 17.7. The van der Waals surface area contributed by atoms with E-state index in [9.17, 15) is 0 Å². The van der Waals surface area contributed by atoms with Gasteiger partial charge < -0.3 is 0 Å². The first-order valence-corrected chi connectivity index (χ1v) is 19.5. The number of thioether (sulfide) groups is 2. The molecule has 0 saturated heterocycles. The largest absolute Gasteiger partial charge is 0.127 e. The Morgan fingerprint density at radius 1 is 0.703 bits per heavy atom. The summed E-state index contributed by atoms with van der Waals surface area (Å²) in [7, 11) is -1.61. The molecule has 0 amide bonds. The van der Waals surface area contributed by atoms with Crippen LogP contribution in [0.3, 0.4) is 0 Å². The van der Waals surface area contributed by atoms with Gasteiger partial charge in [0.2, 0.25) is 0 Å². The van der Waals surface area contributed by atoms with Crippen molar-refractivity contribution < 1.29 is 0 Å². The molecule has 0 radical (unpaired) electrons. The van der Waals surface area contributed by atoms with Gasteiger partial charge in [0.05, 0.1) is 8.07 Å². The molecule has 0 N–H and O–H groups in total. The SMILES string of the molecule is CC1=C(c2ccccc2)C2CC(C)C([Si](C)(C)C3C(C(C)C)CC4C(c5ccccc5)=C(C)SC43)C2S1. The minimum absolute atomic E-state index is 0.736. The number of hydrogen-bond acceptors (Lipinski definition) is 2. The Kier molecular flexibility index (Phi) is 6.90. The molecule has 0 nitrogen and oxygen atoms in total. The Balaban J connectivity index is 1.34. The molecule has 2 aromatic carbocycles. The fraction of sp³-hybridized carbons (Fsp3) is 0.529. The number of fused-ring (bicyclic) bond motifs is 2. The van der Waals surface area contributed by atoms with Crippen molar-refractivity contribution in [2.24, 2.45) is 29.6 Å². The molecule has 37 heavy (non-hydrogen) atoms. The number of rotatable bonds is 5. The highest BCUT2D eigenvalue weighted by molar-refractivity contribution is 8.04. The van der Waals surface area contributed by atoms with Crippen LogP contribution in [-0.4, -0.2) is 18.6 Å². The zero-order valence-electron chi connectivity index (χ0n) is 23.7. The van der Waals surface area contributed by atoms with Crippen molar-refractivity contribution in [2.45, 2.75) is 82.1 Å². The van der Waals surface area contributed by atoms with Crippen molar-refractivity contribution in [3.8, 4) is 0 Å². The van der Waals surface area contributed by atoms with Gasteiger partial charge in [-0.2, -0.15) is 0 Å². The van der Waals surface area contributed by atoms with Gasteiger partial charge in [0.25, 0.3) is 0 Å². The Bertz CT molecular complexity index is 1210. The summed E-state index contributed by atoms with van der Waals surface area (Å²) in [5.41, 5.74) is 8.11. The Labute approximate surface area is 235 Å². The van der Waals surface area contributed by atoms with Gasteiger partial charge in [-0.15, -0.1) is 23.5 Å². The fourth-order valence-corrected chi connectivity index (χ4v) is 20.9. The summed E-state index contributed by atoms with van der Waals surface area (Å²) in [4.78, 5) is 3.21. The quantitative estimate of drug-likeness (QED) is 0.343. The lowest BCUT2D eigenvalue weighted by atomic mass is 9.88. The minimum atomic E-state index is -1.61. The highest BCUT2D eigenvalue weighted by Gasteiger charge is 2.61. The zero-order valence-corrected chi connectivity index (χ0v) is 26.3. The van der Waals surface area contributed by atoms with Gasteiger partial charge in [-0.25, -0.2) is 0 Å². The van der Waals surface area contributed by atoms with E-state index in [1.807, 2.05) is 0 Å². The molecule has 196 valence electrons. The Hall–Kier alpha value is -1.16. The van der Waals surface area contributed by atoms with Crippen LogP contribution in [0.1, 0.15) is 58.6 Å². The standard InChI is InChI=1S/C34H44S2Si/c1-20(2)26-19-28-30(25-16-12-9-13-17-25)23(5)36-32(28)34(26)37(6,7)33-21(3)18-27-29(22(4)35-31(27)33)24-14-10-8-11-15-24/h8-17,20-21,26-28,31-34H,18-19H2,1-7H3. The minimum Gasteiger partial charge on any atom is -0.127 e. The van der Waals surface area contributed by atoms with Crippen LogP contribution in [0.4, 0.5) is 0 Å². The van der Waals surface area contributed by atoms with Gasteiger partial charge in [-0.3, -0.25) is 0 Å². The number of benzene rings is 2. The lowest BCUT2D eigenvalue weighted by Gasteiger charge is -2.46. The van der Waals surface area contributed by atoms with Crippen LogP contribution in [0.2, 0.25) is 24.2 Å². The molecule has 6 rings (SSSR count). The van der Waals surface area contributed by atoms with Gasteiger partial charge in [-0.1, -0.05) is 94.5 Å². The third-order valence-electron chi connectivity index (χ3n) is 10.6. The van der Waals surface area contributed by atoms with Gasteiger partial charge in [0.1, 0.15) is 0 Å². The molecule has 8 atom stereocenters. The molecule has 3 heteroatoms. The zero-order chi connectivity index (χ0) is 26.1. The summed E-state index contributed by atoms with van der Waals surface area (Å²) in [6.07, 6.45) is 2.78. The molecule has 0 spiro atoms. The average Bonchev–Trinajstić information content (AvgIpc) is 3.56. The maximum Gasteiger partial charge on any atom is 0.0564 e. The lowest BCUT2D eigenvalue weighted by molar-refractivity contribution is 0.380. The van der Waals surface area contributed by atoms with Crippen molar-refractivity contribution in [3.63, 3.8) is 0 Å². The second-order valence-corrected chi connectivity index (χ2v) is 21.0. The topological polar surface area (TPSA) is 0 Å². The summed E-state index contributed by atoms with van der Waals surface area (Å²) in [6.45, 7) is 18.2. The molecule has 2 fully saturated rings. The molecule has 0 bridgehead atoms. The third kappa shape index (κ3) is 4.18. The molecule has 2 aliphatic heterocycles. The lowest BCUT2D eigenvalue weighted by Crippen LogP contribution is -2.48. The first kappa shape index (κ1) is 26.1. The number of hydrogen-bond donors (Lipinski definition) is 0. The van der Waals surface area contributed by atoms with Crippen molar-refractivity contribution in [2.75, 3.05) is 0 Å². The molecule has 2 saturated carbocycles. The van der Waals surface area contributed by atoms with Gasteiger partial charge in [0, 0.05) is 10.5 Å². The van der Waals surface area contributed by atoms with E-state index in [2.05, 4.69) is 132 Å². The van der Waals surface area contributed by atoms with Crippen molar-refractivity contribution in [1.82, 2.24) is 0 Å². The van der Waals surface area contributed by atoms with E-state index >= 15 is 0 Å². The van der Waals surface area contributed by atoms with E-state index in [1.165, 1.54) is 24.0 Å². The van der Waals surface area contributed by atoms with E-state index < -0.39 is 8.07 Å². The van der Waals surface area contributed by atoms with Crippen LogP contribution in [-0.2, 0) is 0 Å². The molecule has 4 aliphatic rings. The molecular weight excluding hydrogens is 501 g/mol. The normalized spacial score (nSPS) is 35.6. The molecular formula is C34H44S2Si.